The molecule has 0 atom stereocenters. The fourth-order valence-electron chi connectivity index (χ4n) is 1.65. The molecule has 1 aromatic carbocycles. The smallest absolute Gasteiger partial charge is 0.302 e. The molecule has 1 N–H and O–H groups in total. The summed E-state index contributed by atoms with van der Waals surface area (Å²) in [5.74, 6) is 0.431. The van der Waals surface area contributed by atoms with E-state index in [2.05, 4.69) is 43.4 Å². The highest BCUT2D eigenvalue weighted by Gasteiger charge is 1.99. The van der Waals surface area contributed by atoms with E-state index in [0.29, 0.717) is 12.5 Å². The molecule has 3 heteroatoms. The normalized spacial score (nSPS) is 10.4. The van der Waals surface area contributed by atoms with Crippen molar-refractivity contribution < 1.29 is 9.53 Å². The Labute approximate surface area is 110 Å². The topological polar surface area (TPSA) is 38.3 Å². The van der Waals surface area contributed by atoms with Crippen LogP contribution in [0.1, 0.15) is 32.8 Å². The quantitative estimate of drug-likeness (QED) is 0.595. The van der Waals surface area contributed by atoms with Gasteiger partial charge in [0.2, 0.25) is 0 Å². The molecule has 0 spiro atoms. The van der Waals surface area contributed by atoms with Gasteiger partial charge in [0, 0.05) is 19.2 Å². The van der Waals surface area contributed by atoms with Crippen LogP contribution in [0.25, 0.3) is 0 Å². The number of esters is 1. The van der Waals surface area contributed by atoms with E-state index in [9.17, 15) is 4.79 Å². The van der Waals surface area contributed by atoms with Crippen LogP contribution in [0, 0.1) is 5.92 Å². The zero-order valence-electron chi connectivity index (χ0n) is 11.5. The van der Waals surface area contributed by atoms with Gasteiger partial charge in [0.15, 0.2) is 0 Å². The number of hydrogen-bond acceptors (Lipinski definition) is 3. The molecule has 0 amide bonds. The van der Waals surface area contributed by atoms with Crippen molar-refractivity contribution in [1.29, 1.82) is 0 Å². The minimum Gasteiger partial charge on any atom is -0.466 e. The van der Waals surface area contributed by atoms with Crippen molar-refractivity contribution in [2.75, 3.05) is 18.5 Å². The lowest BCUT2D eigenvalue weighted by atomic mass is 10.1. The molecular formula is C15H23NO2. The summed E-state index contributed by atoms with van der Waals surface area (Å²) in [5, 5.41) is 3.41. The maximum Gasteiger partial charge on any atom is 0.302 e. The van der Waals surface area contributed by atoms with E-state index in [1.54, 1.807) is 0 Å². The Hall–Kier alpha value is -1.51. The van der Waals surface area contributed by atoms with Crippen molar-refractivity contribution in [3.63, 3.8) is 0 Å². The first-order valence-electron chi connectivity index (χ1n) is 6.54. The lowest BCUT2D eigenvalue weighted by Gasteiger charge is -2.10. The highest BCUT2D eigenvalue weighted by Crippen LogP contribution is 2.12. The van der Waals surface area contributed by atoms with Gasteiger partial charge in [-0.05, 0) is 36.5 Å². The Bertz CT molecular complexity index is 375. The van der Waals surface area contributed by atoms with Gasteiger partial charge in [-0.15, -0.1) is 0 Å². The summed E-state index contributed by atoms with van der Waals surface area (Å²) >= 11 is 0. The lowest BCUT2D eigenvalue weighted by molar-refractivity contribution is -0.141. The molecule has 0 saturated heterocycles. The summed E-state index contributed by atoms with van der Waals surface area (Å²) in [5.41, 5.74) is 2.43. The van der Waals surface area contributed by atoms with E-state index in [-0.39, 0.29) is 5.97 Å². The highest BCUT2D eigenvalue weighted by molar-refractivity contribution is 5.65. The molecule has 0 bridgehead atoms. The third-order valence-corrected chi connectivity index (χ3v) is 2.56. The number of anilines is 1. The van der Waals surface area contributed by atoms with Crippen LogP contribution in [0.3, 0.4) is 0 Å². The number of nitrogens with one attached hydrogen (secondary N) is 1. The first kappa shape index (κ1) is 14.6. The molecule has 0 aromatic heterocycles. The molecule has 0 aliphatic carbocycles. The van der Waals surface area contributed by atoms with E-state index in [4.69, 9.17) is 4.74 Å². The number of aryl methyl sites for hydroxylation is 1. The molecule has 0 unspecified atom stereocenters. The lowest BCUT2D eigenvalue weighted by Crippen LogP contribution is -2.08. The minimum absolute atomic E-state index is 0.206. The van der Waals surface area contributed by atoms with Crippen LogP contribution >= 0.6 is 0 Å². The Morgan fingerprint density at radius 2 is 2.17 bits per heavy atom. The first-order chi connectivity index (χ1) is 8.58. The van der Waals surface area contributed by atoms with Crippen LogP contribution < -0.4 is 5.32 Å². The second kappa shape index (κ2) is 7.75. The Morgan fingerprint density at radius 3 is 2.83 bits per heavy atom. The van der Waals surface area contributed by atoms with Gasteiger partial charge in [0.25, 0.3) is 0 Å². The van der Waals surface area contributed by atoms with Crippen molar-refractivity contribution in [1.82, 2.24) is 0 Å². The summed E-state index contributed by atoms with van der Waals surface area (Å²) in [6, 6.07) is 8.41. The largest absolute Gasteiger partial charge is 0.466 e. The summed E-state index contributed by atoms with van der Waals surface area (Å²) in [6.07, 6.45) is 1.80. The van der Waals surface area contributed by atoms with Gasteiger partial charge in [-0.25, -0.2) is 0 Å². The van der Waals surface area contributed by atoms with Gasteiger partial charge < -0.3 is 10.1 Å². The van der Waals surface area contributed by atoms with Gasteiger partial charge in [-0.3, -0.25) is 4.79 Å². The van der Waals surface area contributed by atoms with Crippen LogP contribution in [-0.4, -0.2) is 19.1 Å². The minimum atomic E-state index is -0.206. The number of hydrogen-bond donors (Lipinski definition) is 1. The SMILES string of the molecule is CC(=O)OCCCc1cccc(NCC(C)C)c1. The van der Waals surface area contributed by atoms with Gasteiger partial charge in [-0.1, -0.05) is 26.0 Å². The molecule has 0 heterocycles. The van der Waals surface area contributed by atoms with Crippen molar-refractivity contribution >= 4 is 11.7 Å². The van der Waals surface area contributed by atoms with Crippen LogP contribution in [0.4, 0.5) is 5.69 Å². The molecule has 0 fully saturated rings. The van der Waals surface area contributed by atoms with E-state index in [1.807, 2.05) is 0 Å². The Kier molecular flexibility index (Phi) is 6.26. The van der Waals surface area contributed by atoms with Crippen molar-refractivity contribution in [2.24, 2.45) is 5.92 Å². The predicted octanol–water partition coefficient (Wildman–Crippen LogP) is 3.25. The second-order valence-corrected chi connectivity index (χ2v) is 4.92. The molecule has 18 heavy (non-hydrogen) atoms. The average molecular weight is 249 g/mol. The second-order valence-electron chi connectivity index (χ2n) is 4.92. The van der Waals surface area contributed by atoms with E-state index >= 15 is 0 Å². The summed E-state index contributed by atoms with van der Waals surface area (Å²) < 4.78 is 4.92. The fourth-order valence-corrected chi connectivity index (χ4v) is 1.65. The van der Waals surface area contributed by atoms with Crippen LogP contribution in [0.5, 0.6) is 0 Å². The van der Waals surface area contributed by atoms with Gasteiger partial charge in [-0.2, -0.15) is 0 Å². The molecule has 0 aliphatic rings. The zero-order chi connectivity index (χ0) is 13.4. The number of ether oxygens (including phenoxy) is 1. The predicted molar refractivity (Wildman–Crippen MR) is 74.7 cm³/mol. The van der Waals surface area contributed by atoms with Crippen molar-refractivity contribution in [3.8, 4) is 0 Å². The summed E-state index contributed by atoms with van der Waals surface area (Å²) in [6.45, 7) is 7.30. The molecular weight excluding hydrogens is 226 g/mol. The standard InChI is InChI=1S/C15H23NO2/c1-12(2)11-16-15-8-4-6-14(10-15)7-5-9-18-13(3)17/h4,6,8,10,12,16H,5,7,9,11H2,1-3H3. The molecule has 100 valence electrons. The van der Waals surface area contributed by atoms with Gasteiger partial charge >= 0.3 is 5.97 Å². The average Bonchev–Trinajstić information content (AvgIpc) is 2.32. The molecule has 0 saturated carbocycles. The number of rotatable bonds is 7. The maximum absolute atomic E-state index is 10.6. The van der Waals surface area contributed by atoms with Crippen molar-refractivity contribution in [2.45, 2.75) is 33.6 Å². The maximum atomic E-state index is 10.6. The number of carbonyl (C=O) groups is 1. The van der Waals surface area contributed by atoms with E-state index < -0.39 is 0 Å². The fraction of sp³-hybridized carbons (Fsp3) is 0.533. The van der Waals surface area contributed by atoms with Crippen LogP contribution in [0.15, 0.2) is 24.3 Å². The highest BCUT2D eigenvalue weighted by atomic mass is 16.5. The van der Waals surface area contributed by atoms with Crippen LogP contribution in [0.2, 0.25) is 0 Å². The third-order valence-electron chi connectivity index (χ3n) is 2.56. The molecule has 0 radical (unpaired) electrons. The molecule has 1 rings (SSSR count). The Morgan fingerprint density at radius 1 is 1.39 bits per heavy atom. The van der Waals surface area contributed by atoms with Crippen LogP contribution in [-0.2, 0) is 16.0 Å². The number of carbonyl (C=O) groups excluding carboxylic acids is 1. The van der Waals surface area contributed by atoms with E-state index in [1.165, 1.54) is 12.5 Å². The van der Waals surface area contributed by atoms with Crippen molar-refractivity contribution in [3.05, 3.63) is 29.8 Å². The van der Waals surface area contributed by atoms with E-state index in [0.717, 1.165) is 25.1 Å². The third kappa shape index (κ3) is 6.28. The first-order valence-corrected chi connectivity index (χ1v) is 6.54. The summed E-state index contributed by atoms with van der Waals surface area (Å²) in [7, 11) is 0. The zero-order valence-corrected chi connectivity index (χ0v) is 11.5. The Balaban J connectivity index is 2.37. The van der Waals surface area contributed by atoms with Gasteiger partial charge in [0.1, 0.15) is 0 Å². The summed E-state index contributed by atoms with van der Waals surface area (Å²) in [4.78, 5) is 10.6. The van der Waals surface area contributed by atoms with Gasteiger partial charge in [0.05, 0.1) is 6.61 Å². The molecule has 0 aliphatic heterocycles. The monoisotopic (exact) mass is 249 g/mol. The molecule has 1 aromatic rings. The number of benzene rings is 1. The molecule has 3 nitrogen and oxygen atoms in total.